The van der Waals surface area contributed by atoms with Crippen LogP contribution in [0.5, 0.6) is 5.75 Å². The van der Waals surface area contributed by atoms with Crippen molar-refractivity contribution < 1.29 is 29.0 Å². The zero-order valence-corrected chi connectivity index (χ0v) is 35.7. The predicted octanol–water partition coefficient (Wildman–Crippen LogP) is 7.81. The molecule has 1 spiro atoms. The van der Waals surface area contributed by atoms with Crippen molar-refractivity contribution in [2.75, 3.05) is 23.9 Å². The van der Waals surface area contributed by atoms with Crippen LogP contribution in [0.15, 0.2) is 126 Å². The third kappa shape index (κ3) is 7.08. The number of nitrogens with zero attached hydrogens (tertiary/aromatic N) is 2. The topological polar surface area (TPSA) is 108 Å². The smallest absolute Gasteiger partial charge is 0.264 e. The second-order valence-electron chi connectivity index (χ2n) is 16.3. The number of ether oxygens (including phenoxy) is 2. The maximum atomic E-state index is 15.4. The summed E-state index contributed by atoms with van der Waals surface area (Å²) in [6, 6.07) is 38.4. The van der Waals surface area contributed by atoms with Gasteiger partial charge in [0.15, 0.2) is 5.60 Å². The summed E-state index contributed by atoms with van der Waals surface area (Å²) in [6.07, 6.45) is 0.0585. The summed E-state index contributed by atoms with van der Waals surface area (Å²) < 4.78 is 13.6. The Morgan fingerprint density at radius 1 is 0.931 bits per heavy atom. The van der Waals surface area contributed by atoms with E-state index in [1.807, 2.05) is 91.0 Å². The summed E-state index contributed by atoms with van der Waals surface area (Å²) in [5.74, 6) is -0.0413. The van der Waals surface area contributed by atoms with E-state index in [0.29, 0.717) is 24.2 Å². The highest BCUT2D eigenvalue weighted by Gasteiger charge is 2.66. The number of nitrogens with one attached hydrogen (secondary N) is 1. The molecule has 9 nitrogen and oxygen atoms in total. The average Bonchev–Trinajstić information content (AvgIpc) is 3.66. The number of hydrogen-bond acceptors (Lipinski definition) is 6. The Morgan fingerprint density at radius 2 is 1.66 bits per heavy atom. The molecule has 0 unspecified atom stereocenters. The molecule has 3 heterocycles. The fourth-order valence-corrected chi connectivity index (χ4v) is 14.1. The minimum atomic E-state index is -2.54. The fraction of sp³-hybridized carbons (Fsp3) is 0.298. The molecule has 0 aromatic heterocycles. The van der Waals surface area contributed by atoms with Crippen LogP contribution in [-0.4, -0.2) is 61.7 Å². The first-order valence-electron chi connectivity index (χ1n) is 19.8. The molecule has 3 amide bonds. The van der Waals surface area contributed by atoms with Gasteiger partial charge in [-0.25, -0.2) is 0 Å². The lowest BCUT2D eigenvalue weighted by Crippen LogP contribution is -2.52. The SMILES string of the molecule is COc1ccc([Si](C)(C)[C@@H]2[C@@H](CC(=O)N3Cc4ccccc4C[C@H]3CO)O[C@]3(C(=O)N(Cc4cccc(NC(=O)c5ccccc5)c4)c4ccc(Br)cc43)[C@H]2C)cc1. The van der Waals surface area contributed by atoms with E-state index in [4.69, 9.17) is 9.47 Å². The van der Waals surface area contributed by atoms with Crippen molar-refractivity contribution in [2.24, 2.45) is 5.92 Å². The van der Waals surface area contributed by atoms with Gasteiger partial charge in [-0.2, -0.15) is 0 Å². The lowest BCUT2D eigenvalue weighted by atomic mass is 9.82. The quantitative estimate of drug-likeness (QED) is 0.139. The minimum absolute atomic E-state index is 0.0712. The number of fused-ring (bicyclic) bond motifs is 3. The van der Waals surface area contributed by atoms with Crippen LogP contribution in [-0.2, 0) is 39.4 Å². The maximum Gasteiger partial charge on any atom is 0.264 e. The van der Waals surface area contributed by atoms with Crippen LogP contribution in [0, 0.1) is 5.92 Å². The average molecular weight is 859 g/mol. The zero-order chi connectivity index (χ0) is 40.8. The van der Waals surface area contributed by atoms with Crippen molar-refractivity contribution in [2.45, 2.75) is 69.2 Å². The summed E-state index contributed by atoms with van der Waals surface area (Å²) in [7, 11) is -0.885. The Balaban J connectivity index is 1.15. The number of aliphatic hydroxyl groups is 1. The van der Waals surface area contributed by atoms with Gasteiger partial charge < -0.3 is 29.7 Å². The number of rotatable bonds is 10. The predicted molar refractivity (Wildman–Crippen MR) is 232 cm³/mol. The highest BCUT2D eigenvalue weighted by Crippen LogP contribution is 2.60. The van der Waals surface area contributed by atoms with Crippen molar-refractivity contribution in [1.82, 2.24) is 4.90 Å². The maximum absolute atomic E-state index is 15.4. The zero-order valence-electron chi connectivity index (χ0n) is 33.2. The highest BCUT2D eigenvalue weighted by molar-refractivity contribution is 9.10. The van der Waals surface area contributed by atoms with Crippen LogP contribution < -0.4 is 20.1 Å². The molecule has 5 atom stereocenters. The van der Waals surface area contributed by atoms with Gasteiger partial charge in [0, 0.05) is 33.7 Å². The van der Waals surface area contributed by atoms with E-state index < -0.39 is 19.8 Å². The van der Waals surface area contributed by atoms with Crippen LogP contribution in [0.25, 0.3) is 0 Å². The number of carbonyl (C=O) groups excluding carboxylic acids is 3. The van der Waals surface area contributed by atoms with Gasteiger partial charge in [-0.1, -0.05) is 108 Å². The summed E-state index contributed by atoms with van der Waals surface area (Å²) in [5, 5.41) is 14.7. The van der Waals surface area contributed by atoms with Gasteiger partial charge in [-0.15, -0.1) is 0 Å². The van der Waals surface area contributed by atoms with Crippen molar-refractivity contribution in [3.63, 3.8) is 0 Å². The van der Waals surface area contributed by atoms with Crippen LogP contribution in [0.3, 0.4) is 0 Å². The van der Waals surface area contributed by atoms with E-state index >= 15 is 4.79 Å². The molecule has 3 aliphatic heterocycles. The monoisotopic (exact) mass is 857 g/mol. The standard InChI is InChI=1S/C47H48BrN3O6Si/c1-30-44(58(3,4)39-20-18-38(56-2)19-21-39)42(26-43(53)50-28-34-15-9-8-14-33(34)24-37(50)29-52)57-47(30)40-25-35(48)17-22-41(40)51(46(47)55)27-31-11-10-16-36(23-31)49-45(54)32-12-6-5-7-13-32/h5-23,25,30,37,42,44,52H,24,26-29H2,1-4H3,(H,49,54)/t30-,37-,42+,44-,47+/m0/s1. The normalized spacial score (nSPS) is 22.5. The van der Waals surface area contributed by atoms with E-state index in [0.717, 1.165) is 38.2 Å². The molecule has 0 bridgehead atoms. The van der Waals surface area contributed by atoms with Gasteiger partial charge in [0.25, 0.3) is 11.8 Å². The number of halogens is 1. The van der Waals surface area contributed by atoms with E-state index in [-0.39, 0.29) is 54.8 Å². The lowest BCUT2D eigenvalue weighted by Gasteiger charge is -2.39. The number of carbonyl (C=O) groups is 3. The second kappa shape index (κ2) is 15.9. The Bertz CT molecular complexity index is 2360. The summed E-state index contributed by atoms with van der Waals surface area (Å²) >= 11 is 3.70. The summed E-state index contributed by atoms with van der Waals surface area (Å²) in [5.41, 5.74) is 4.24. The Kier molecular flexibility index (Phi) is 10.9. The van der Waals surface area contributed by atoms with Crippen molar-refractivity contribution in [3.05, 3.63) is 154 Å². The summed E-state index contributed by atoms with van der Waals surface area (Å²) in [4.78, 5) is 46.7. The van der Waals surface area contributed by atoms with Crippen molar-refractivity contribution >= 4 is 58.3 Å². The van der Waals surface area contributed by atoms with Crippen LogP contribution in [0.4, 0.5) is 11.4 Å². The van der Waals surface area contributed by atoms with Gasteiger partial charge in [-0.05, 0) is 83.2 Å². The molecule has 2 N–H and O–H groups in total. The lowest BCUT2D eigenvalue weighted by molar-refractivity contribution is -0.151. The molecule has 8 rings (SSSR count). The molecule has 0 aliphatic carbocycles. The van der Waals surface area contributed by atoms with E-state index in [2.05, 4.69) is 59.5 Å². The number of hydrogen-bond donors (Lipinski definition) is 2. The van der Waals surface area contributed by atoms with Gasteiger partial charge >= 0.3 is 0 Å². The third-order valence-electron chi connectivity index (χ3n) is 12.6. The number of benzene rings is 5. The molecule has 58 heavy (non-hydrogen) atoms. The molecule has 3 aliphatic rings. The molecule has 11 heteroatoms. The van der Waals surface area contributed by atoms with E-state index in [9.17, 15) is 14.7 Å². The molecule has 0 radical (unpaired) electrons. The first kappa shape index (κ1) is 39.7. The van der Waals surface area contributed by atoms with Crippen LogP contribution >= 0.6 is 15.9 Å². The number of anilines is 2. The first-order chi connectivity index (χ1) is 27.9. The molecule has 1 saturated heterocycles. The molecule has 5 aromatic carbocycles. The molecular weight excluding hydrogens is 811 g/mol. The Labute approximate surface area is 349 Å². The number of methoxy groups -OCH3 is 1. The largest absolute Gasteiger partial charge is 0.497 e. The molecule has 5 aromatic rings. The Hall–Kier alpha value is -5.07. The molecule has 298 valence electrons. The number of amides is 3. The highest BCUT2D eigenvalue weighted by atomic mass is 79.9. The van der Waals surface area contributed by atoms with Gasteiger partial charge in [0.05, 0.1) is 52.6 Å². The van der Waals surface area contributed by atoms with Gasteiger partial charge in [0.2, 0.25) is 5.91 Å². The van der Waals surface area contributed by atoms with E-state index in [1.165, 1.54) is 5.19 Å². The van der Waals surface area contributed by atoms with Crippen molar-refractivity contribution in [1.29, 1.82) is 0 Å². The fourth-order valence-electron chi connectivity index (χ4n) is 9.70. The molecular formula is C47H48BrN3O6Si. The van der Waals surface area contributed by atoms with Crippen LogP contribution in [0.2, 0.25) is 18.6 Å². The molecule has 0 saturated carbocycles. The van der Waals surface area contributed by atoms with E-state index in [1.54, 1.807) is 29.0 Å². The summed E-state index contributed by atoms with van der Waals surface area (Å²) in [6.45, 7) is 7.24. The number of aliphatic hydroxyl groups excluding tert-OH is 1. The Morgan fingerprint density at radius 3 is 2.38 bits per heavy atom. The first-order valence-corrected chi connectivity index (χ1v) is 23.7. The van der Waals surface area contributed by atoms with Crippen LogP contribution in [0.1, 0.15) is 46.0 Å². The van der Waals surface area contributed by atoms with Gasteiger partial charge in [-0.3, -0.25) is 14.4 Å². The molecule has 1 fully saturated rings. The van der Waals surface area contributed by atoms with Crippen molar-refractivity contribution in [3.8, 4) is 5.75 Å². The minimum Gasteiger partial charge on any atom is -0.497 e. The third-order valence-corrected chi connectivity index (χ3v) is 17.5. The second-order valence-corrected chi connectivity index (χ2v) is 21.9. The van der Waals surface area contributed by atoms with Gasteiger partial charge in [0.1, 0.15) is 5.75 Å².